The summed E-state index contributed by atoms with van der Waals surface area (Å²) in [6.45, 7) is 0.452. The summed E-state index contributed by atoms with van der Waals surface area (Å²) in [5.74, 6) is 0.722. The van der Waals surface area contributed by atoms with Gasteiger partial charge in [0.25, 0.3) is 11.1 Å². The smallest absolute Gasteiger partial charge is 0.293 e. The summed E-state index contributed by atoms with van der Waals surface area (Å²) in [5, 5.41) is 1.20. The third-order valence-corrected chi connectivity index (χ3v) is 7.74. The van der Waals surface area contributed by atoms with Gasteiger partial charge in [0.1, 0.15) is 6.61 Å². The Morgan fingerprint density at radius 1 is 0.971 bits per heavy atom. The van der Waals surface area contributed by atoms with Crippen molar-refractivity contribution in [2.45, 2.75) is 13.2 Å². The van der Waals surface area contributed by atoms with Gasteiger partial charge in [-0.15, -0.1) is 0 Å². The van der Waals surface area contributed by atoms with Crippen molar-refractivity contribution in [1.29, 1.82) is 0 Å². The Bertz CT molecular complexity index is 1330. The fourth-order valence-electron chi connectivity index (χ4n) is 3.31. The number of carbonyl (C=O) groups excluding carboxylic acids is 2. The van der Waals surface area contributed by atoms with Crippen LogP contribution in [0.2, 0.25) is 15.1 Å². The molecule has 180 valence electrons. The Kier molecular flexibility index (Phi) is 8.54. The summed E-state index contributed by atoms with van der Waals surface area (Å²) in [4.78, 5) is 27.0. The van der Waals surface area contributed by atoms with Crippen LogP contribution in [0.25, 0.3) is 6.08 Å². The number of imide groups is 1. The van der Waals surface area contributed by atoms with E-state index in [2.05, 4.69) is 22.6 Å². The van der Waals surface area contributed by atoms with Gasteiger partial charge in [-0.2, -0.15) is 0 Å². The van der Waals surface area contributed by atoms with E-state index in [0.717, 1.165) is 26.5 Å². The number of hydrogen-bond acceptors (Lipinski definition) is 5. The van der Waals surface area contributed by atoms with E-state index >= 15 is 0 Å². The lowest BCUT2D eigenvalue weighted by molar-refractivity contribution is -0.123. The number of halogens is 4. The van der Waals surface area contributed by atoms with E-state index in [-0.39, 0.29) is 24.3 Å². The molecule has 1 fully saturated rings. The van der Waals surface area contributed by atoms with Gasteiger partial charge in [0.15, 0.2) is 11.5 Å². The number of rotatable bonds is 7. The van der Waals surface area contributed by atoms with Crippen molar-refractivity contribution in [2.24, 2.45) is 0 Å². The Morgan fingerprint density at radius 2 is 1.69 bits per heavy atom. The highest BCUT2D eigenvalue weighted by Gasteiger charge is 2.35. The van der Waals surface area contributed by atoms with E-state index in [1.54, 1.807) is 55.7 Å². The SMILES string of the molecule is COc1cc(/C=C2\SC(=O)N(Cc3ccc(Cl)cc3)C2=O)cc(I)c1OCc1ccc(Cl)c(Cl)c1. The van der Waals surface area contributed by atoms with E-state index < -0.39 is 0 Å². The fraction of sp³-hybridized carbons (Fsp3) is 0.120. The number of hydrogen-bond donors (Lipinski definition) is 0. The van der Waals surface area contributed by atoms with Gasteiger partial charge in [0.05, 0.1) is 32.2 Å². The first kappa shape index (κ1) is 26.2. The number of benzene rings is 3. The molecule has 2 amide bonds. The first-order chi connectivity index (χ1) is 16.7. The van der Waals surface area contributed by atoms with Gasteiger partial charge >= 0.3 is 0 Å². The molecule has 0 N–H and O–H groups in total. The van der Waals surface area contributed by atoms with Crippen molar-refractivity contribution in [3.63, 3.8) is 0 Å². The molecule has 3 aromatic rings. The van der Waals surface area contributed by atoms with E-state index in [1.165, 1.54) is 4.90 Å². The van der Waals surface area contributed by atoms with Crippen LogP contribution in [0.1, 0.15) is 16.7 Å². The molecule has 0 aliphatic carbocycles. The van der Waals surface area contributed by atoms with Gasteiger partial charge in [0.2, 0.25) is 0 Å². The normalized spacial score (nSPS) is 14.7. The summed E-state index contributed by atoms with van der Waals surface area (Å²) in [6.07, 6.45) is 1.68. The van der Waals surface area contributed by atoms with Crippen LogP contribution in [-0.2, 0) is 17.9 Å². The van der Waals surface area contributed by atoms with Crippen LogP contribution < -0.4 is 9.47 Å². The molecule has 1 heterocycles. The highest BCUT2D eigenvalue weighted by molar-refractivity contribution is 14.1. The number of methoxy groups -OCH3 is 1. The lowest BCUT2D eigenvalue weighted by Gasteiger charge is -2.14. The van der Waals surface area contributed by atoms with E-state index in [9.17, 15) is 9.59 Å². The molecule has 0 spiro atoms. The lowest BCUT2D eigenvalue weighted by Crippen LogP contribution is -2.27. The predicted molar refractivity (Wildman–Crippen MR) is 149 cm³/mol. The standard InChI is InChI=1S/C25H17Cl3INO4S/c1-33-21-10-16(9-20(29)23(21)34-13-15-4-7-18(27)19(28)8-15)11-22-24(31)30(25(32)35-22)12-14-2-5-17(26)6-3-14/h2-11H,12-13H2,1H3/b22-11-. The number of thioether (sulfide) groups is 1. The van der Waals surface area contributed by atoms with Crippen LogP contribution in [0.4, 0.5) is 4.79 Å². The summed E-state index contributed by atoms with van der Waals surface area (Å²) >= 11 is 21.0. The Morgan fingerprint density at radius 3 is 2.37 bits per heavy atom. The summed E-state index contributed by atoms with van der Waals surface area (Å²) in [7, 11) is 1.54. The van der Waals surface area contributed by atoms with Gasteiger partial charge in [0, 0.05) is 5.02 Å². The predicted octanol–water partition coefficient (Wildman–Crippen LogP) is 8.08. The third kappa shape index (κ3) is 6.27. The average molecular weight is 661 g/mol. The van der Waals surface area contributed by atoms with Gasteiger partial charge in [-0.1, -0.05) is 53.0 Å². The minimum Gasteiger partial charge on any atom is -0.493 e. The van der Waals surface area contributed by atoms with Gasteiger partial charge in [-0.05, 0) is 93.5 Å². The average Bonchev–Trinajstić information content (AvgIpc) is 3.08. The maximum absolute atomic E-state index is 12.9. The molecule has 0 bridgehead atoms. The second kappa shape index (κ2) is 11.4. The summed E-state index contributed by atoms with van der Waals surface area (Å²) in [6, 6.07) is 16.0. The molecule has 35 heavy (non-hydrogen) atoms. The van der Waals surface area contributed by atoms with E-state index in [4.69, 9.17) is 44.3 Å². The molecule has 1 aliphatic heterocycles. The van der Waals surface area contributed by atoms with E-state index in [0.29, 0.717) is 37.0 Å². The Labute approximate surface area is 235 Å². The highest BCUT2D eigenvalue weighted by atomic mass is 127. The zero-order chi connectivity index (χ0) is 25.1. The number of nitrogens with zero attached hydrogens (tertiary/aromatic N) is 1. The van der Waals surface area contributed by atoms with Crippen LogP contribution in [0.3, 0.4) is 0 Å². The van der Waals surface area contributed by atoms with Crippen LogP contribution >= 0.6 is 69.2 Å². The van der Waals surface area contributed by atoms with Crippen molar-refractivity contribution in [1.82, 2.24) is 4.90 Å². The zero-order valence-corrected chi connectivity index (χ0v) is 23.4. The summed E-state index contributed by atoms with van der Waals surface area (Å²) in [5.41, 5.74) is 2.39. The van der Waals surface area contributed by atoms with Crippen molar-refractivity contribution in [3.8, 4) is 11.5 Å². The first-order valence-electron chi connectivity index (χ1n) is 10.2. The third-order valence-electron chi connectivity index (χ3n) is 5.04. The first-order valence-corrected chi connectivity index (χ1v) is 13.2. The molecule has 3 aromatic carbocycles. The monoisotopic (exact) mass is 659 g/mol. The lowest BCUT2D eigenvalue weighted by atomic mass is 10.1. The van der Waals surface area contributed by atoms with Gasteiger partial charge in [-0.3, -0.25) is 14.5 Å². The van der Waals surface area contributed by atoms with Gasteiger partial charge < -0.3 is 9.47 Å². The van der Waals surface area contributed by atoms with Crippen molar-refractivity contribution in [3.05, 3.63) is 94.8 Å². The maximum Gasteiger partial charge on any atom is 0.293 e. The molecule has 0 unspecified atom stereocenters. The molecule has 0 aromatic heterocycles. The van der Waals surface area contributed by atoms with Crippen LogP contribution in [0.15, 0.2) is 59.5 Å². The fourth-order valence-corrected chi connectivity index (χ4v) is 5.37. The molecule has 4 rings (SSSR count). The maximum atomic E-state index is 12.9. The molecule has 0 radical (unpaired) electrons. The number of ether oxygens (including phenoxy) is 2. The molecule has 1 saturated heterocycles. The van der Waals surface area contributed by atoms with E-state index in [1.807, 2.05) is 12.1 Å². The molecular weight excluding hydrogens is 644 g/mol. The van der Waals surface area contributed by atoms with Crippen molar-refractivity contribution < 1.29 is 19.1 Å². The summed E-state index contributed by atoms with van der Waals surface area (Å²) < 4.78 is 12.3. The molecule has 5 nitrogen and oxygen atoms in total. The molecule has 10 heteroatoms. The quantitative estimate of drug-likeness (QED) is 0.190. The molecule has 0 atom stereocenters. The number of amides is 2. The highest BCUT2D eigenvalue weighted by Crippen LogP contribution is 2.38. The second-order valence-corrected chi connectivity index (χ2v) is 10.9. The number of carbonyl (C=O) groups is 2. The Hall–Kier alpha value is -1.91. The molecule has 0 saturated carbocycles. The largest absolute Gasteiger partial charge is 0.493 e. The van der Waals surface area contributed by atoms with Gasteiger partial charge in [-0.25, -0.2) is 0 Å². The van der Waals surface area contributed by atoms with Crippen LogP contribution in [0, 0.1) is 3.57 Å². The second-order valence-electron chi connectivity index (χ2n) is 7.47. The minimum absolute atomic E-state index is 0.182. The minimum atomic E-state index is -0.344. The Balaban J connectivity index is 1.52. The zero-order valence-electron chi connectivity index (χ0n) is 18.2. The topological polar surface area (TPSA) is 55.8 Å². The molecule has 1 aliphatic rings. The van der Waals surface area contributed by atoms with Crippen LogP contribution in [-0.4, -0.2) is 23.2 Å². The van der Waals surface area contributed by atoms with Crippen LogP contribution in [0.5, 0.6) is 11.5 Å². The molecular formula is C25H17Cl3INO4S. The van der Waals surface area contributed by atoms with Crippen molar-refractivity contribution in [2.75, 3.05) is 7.11 Å². The van der Waals surface area contributed by atoms with Crippen molar-refractivity contribution >= 4 is 86.4 Å².